The number of nitrogens with one attached hydrogen (secondary N) is 1. The Morgan fingerprint density at radius 1 is 1.25 bits per heavy atom. The molecule has 0 radical (unpaired) electrons. The highest BCUT2D eigenvalue weighted by Gasteiger charge is 2.31. The second-order valence-electron chi connectivity index (χ2n) is 3.99. The van der Waals surface area contributed by atoms with E-state index in [1.165, 1.54) is 0 Å². The third kappa shape index (κ3) is 3.76. The first-order chi connectivity index (χ1) is 9.11. The lowest BCUT2D eigenvalue weighted by Gasteiger charge is -2.20. The van der Waals surface area contributed by atoms with E-state index in [-0.39, 0.29) is 24.5 Å². The number of hydrogen-bond donors (Lipinski definition) is 2. The molecule has 0 heterocycles. The smallest absolute Gasteiger partial charge is 0.397 e. The molecule has 0 saturated heterocycles. The Hall–Kier alpha value is -1.48. The number of nitrogen functional groups attached to an aromatic ring is 1. The zero-order valence-corrected chi connectivity index (χ0v) is 11.8. The topological polar surface area (TPSA) is 75.4 Å². The summed E-state index contributed by atoms with van der Waals surface area (Å²) in [6, 6.07) is 2.47. The SMILES string of the molecule is CCN(CC)S(=O)(=O)Nc1ccc(C(F)(F)F)cc1N. The highest BCUT2D eigenvalue weighted by molar-refractivity contribution is 7.90. The van der Waals surface area contributed by atoms with E-state index in [0.717, 1.165) is 16.4 Å². The first-order valence-electron chi connectivity index (χ1n) is 5.86. The number of alkyl halides is 3. The lowest BCUT2D eigenvalue weighted by molar-refractivity contribution is -0.137. The van der Waals surface area contributed by atoms with Gasteiger partial charge in [-0.1, -0.05) is 13.8 Å². The van der Waals surface area contributed by atoms with Crippen LogP contribution in [0.4, 0.5) is 24.5 Å². The lowest BCUT2D eigenvalue weighted by atomic mass is 10.2. The van der Waals surface area contributed by atoms with Crippen molar-refractivity contribution in [3.8, 4) is 0 Å². The van der Waals surface area contributed by atoms with Crippen LogP contribution in [-0.2, 0) is 16.4 Å². The maximum Gasteiger partial charge on any atom is 0.416 e. The molecule has 9 heteroatoms. The molecule has 0 bridgehead atoms. The van der Waals surface area contributed by atoms with Gasteiger partial charge in [-0.2, -0.15) is 25.9 Å². The van der Waals surface area contributed by atoms with Crippen LogP contribution in [0.3, 0.4) is 0 Å². The van der Waals surface area contributed by atoms with Gasteiger partial charge in [0.25, 0.3) is 0 Å². The minimum absolute atomic E-state index is 0.0788. The zero-order chi connectivity index (χ0) is 15.6. The quantitative estimate of drug-likeness (QED) is 0.819. The van der Waals surface area contributed by atoms with Crippen molar-refractivity contribution in [3.63, 3.8) is 0 Å². The monoisotopic (exact) mass is 311 g/mol. The Morgan fingerprint density at radius 3 is 2.20 bits per heavy atom. The number of hydrogen-bond acceptors (Lipinski definition) is 3. The molecule has 1 rings (SSSR count). The molecule has 0 amide bonds. The molecule has 0 fully saturated rings. The predicted molar refractivity (Wildman–Crippen MR) is 71.3 cm³/mol. The first kappa shape index (κ1) is 16.6. The highest BCUT2D eigenvalue weighted by atomic mass is 32.2. The first-order valence-corrected chi connectivity index (χ1v) is 7.30. The van der Waals surface area contributed by atoms with E-state index < -0.39 is 21.9 Å². The summed E-state index contributed by atoms with van der Waals surface area (Å²) in [6.07, 6.45) is -4.52. The molecule has 20 heavy (non-hydrogen) atoms. The van der Waals surface area contributed by atoms with Gasteiger partial charge in [0.05, 0.1) is 16.9 Å². The van der Waals surface area contributed by atoms with E-state index >= 15 is 0 Å². The molecule has 0 saturated carbocycles. The fraction of sp³-hybridized carbons (Fsp3) is 0.455. The second kappa shape index (κ2) is 5.88. The van der Waals surface area contributed by atoms with Crippen molar-refractivity contribution in [1.29, 1.82) is 0 Å². The van der Waals surface area contributed by atoms with E-state index in [0.29, 0.717) is 6.07 Å². The van der Waals surface area contributed by atoms with Crippen LogP contribution < -0.4 is 10.5 Å². The van der Waals surface area contributed by atoms with Gasteiger partial charge in [0.15, 0.2) is 0 Å². The maximum atomic E-state index is 12.5. The summed E-state index contributed by atoms with van der Waals surface area (Å²) < 4.78 is 64.6. The van der Waals surface area contributed by atoms with Crippen molar-refractivity contribution in [3.05, 3.63) is 23.8 Å². The fourth-order valence-corrected chi connectivity index (χ4v) is 2.87. The molecular formula is C11H16F3N3O2S. The number of anilines is 2. The van der Waals surface area contributed by atoms with Crippen molar-refractivity contribution < 1.29 is 21.6 Å². The average Bonchev–Trinajstić information content (AvgIpc) is 2.31. The minimum Gasteiger partial charge on any atom is -0.397 e. The summed E-state index contributed by atoms with van der Waals surface area (Å²) in [4.78, 5) is 0. The number of benzene rings is 1. The van der Waals surface area contributed by atoms with Crippen molar-refractivity contribution in [2.24, 2.45) is 0 Å². The van der Waals surface area contributed by atoms with Crippen LogP contribution >= 0.6 is 0 Å². The van der Waals surface area contributed by atoms with Gasteiger partial charge in [-0.05, 0) is 18.2 Å². The van der Waals surface area contributed by atoms with Crippen molar-refractivity contribution in [2.75, 3.05) is 23.5 Å². The van der Waals surface area contributed by atoms with E-state index in [1.54, 1.807) is 13.8 Å². The Morgan fingerprint density at radius 2 is 1.80 bits per heavy atom. The second-order valence-corrected chi connectivity index (χ2v) is 5.66. The molecule has 0 aliphatic heterocycles. The van der Waals surface area contributed by atoms with Gasteiger partial charge >= 0.3 is 16.4 Å². The Balaban J connectivity index is 3.06. The largest absolute Gasteiger partial charge is 0.416 e. The molecule has 1 aromatic rings. The summed E-state index contributed by atoms with van der Waals surface area (Å²) in [5, 5.41) is 0. The molecule has 0 aliphatic carbocycles. The highest BCUT2D eigenvalue weighted by Crippen LogP contribution is 2.33. The molecule has 1 aromatic carbocycles. The van der Waals surface area contributed by atoms with Crippen LogP contribution in [-0.4, -0.2) is 25.8 Å². The molecule has 5 nitrogen and oxygen atoms in total. The normalized spacial score (nSPS) is 12.7. The van der Waals surface area contributed by atoms with Crippen LogP contribution in [0.2, 0.25) is 0 Å². The van der Waals surface area contributed by atoms with Crippen LogP contribution in [0.15, 0.2) is 18.2 Å². The molecular weight excluding hydrogens is 295 g/mol. The van der Waals surface area contributed by atoms with E-state index in [9.17, 15) is 21.6 Å². The molecule has 114 valence electrons. The lowest BCUT2D eigenvalue weighted by Crippen LogP contribution is -2.35. The van der Waals surface area contributed by atoms with E-state index in [4.69, 9.17) is 5.73 Å². The van der Waals surface area contributed by atoms with E-state index in [2.05, 4.69) is 4.72 Å². The van der Waals surface area contributed by atoms with Gasteiger partial charge < -0.3 is 5.73 Å². The summed E-state index contributed by atoms with van der Waals surface area (Å²) in [7, 11) is -3.82. The summed E-state index contributed by atoms with van der Waals surface area (Å²) in [6.45, 7) is 3.79. The summed E-state index contributed by atoms with van der Waals surface area (Å²) >= 11 is 0. The summed E-state index contributed by atoms with van der Waals surface area (Å²) in [5.74, 6) is 0. The molecule has 0 aromatic heterocycles. The van der Waals surface area contributed by atoms with Crippen LogP contribution in [0, 0.1) is 0 Å². The van der Waals surface area contributed by atoms with Crippen molar-refractivity contribution in [1.82, 2.24) is 4.31 Å². The molecule has 0 atom stereocenters. The van der Waals surface area contributed by atoms with Crippen LogP contribution in [0.5, 0.6) is 0 Å². The molecule has 0 spiro atoms. The predicted octanol–water partition coefficient (Wildman–Crippen LogP) is 2.29. The van der Waals surface area contributed by atoms with Crippen LogP contribution in [0.25, 0.3) is 0 Å². The molecule has 0 aliphatic rings. The Kier molecular flexibility index (Phi) is 4.87. The standard InChI is InChI=1S/C11H16F3N3O2S/c1-3-17(4-2)20(18,19)16-10-6-5-8(7-9(10)15)11(12,13)14/h5-7,16H,3-4,15H2,1-2H3. The van der Waals surface area contributed by atoms with Crippen molar-refractivity contribution >= 4 is 21.6 Å². The maximum absolute atomic E-state index is 12.5. The van der Waals surface area contributed by atoms with Gasteiger partial charge in [-0.15, -0.1) is 0 Å². The number of halogens is 3. The fourth-order valence-electron chi connectivity index (χ4n) is 1.60. The third-order valence-electron chi connectivity index (χ3n) is 2.66. The average molecular weight is 311 g/mol. The van der Waals surface area contributed by atoms with Gasteiger partial charge in [-0.25, -0.2) is 0 Å². The Bertz CT molecular complexity index is 569. The Labute approximate surface area is 115 Å². The third-order valence-corrected chi connectivity index (χ3v) is 4.34. The van der Waals surface area contributed by atoms with Gasteiger partial charge in [0, 0.05) is 13.1 Å². The van der Waals surface area contributed by atoms with E-state index in [1.807, 2.05) is 0 Å². The van der Waals surface area contributed by atoms with Gasteiger partial charge in [0.2, 0.25) is 0 Å². The van der Waals surface area contributed by atoms with Gasteiger partial charge in [-0.3, -0.25) is 4.72 Å². The van der Waals surface area contributed by atoms with Crippen LogP contribution in [0.1, 0.15) is 19.4 Å². The van der Waals surface area contributed by atoms with Gasteiger partial charge in [0.1, 0.15) is 0 Å². The number of nitrogens with two attached hydrogens (primary N) is 1. The summed E-state index contributed by atoms with van der Waals surface area (Å²) in [5.41, 5.74) is 4.17. The van der Waals surface area contributed by atoms with Crippen molar-refractivity contribution in [2.45, 2.75) is 20.0 Å². The molecule has 0 unspecified atom stereocenters. The zero-order valence-electron chi connectivity index (χ0n) is 11.0. The molecule has 3 N–H and O–H groups in total. The number of nitrogens with zero attached hydrogens (tertiary/aromatic N) is 1. The minimum atomic E-state index is -4.52. The number of rotatable bonds is 5.